The summed E-state index contributed by atoms with van der Waals surface area (Å²) in [6, 6.07) is -0.235. The first kappa shape index (κ1) is 18.2. The molecule has 1 amide bonds. The van der Waals surface area contributed by atoms with Crippen molar-refractivity contribution < 1.29 is 13.2 Å². The quantitative estimate of drug-likeness (QED) is 0.618. The molecule has 1 atom stereocenters. The summed E-state index contributed by atoms with van der Waals surface area (Å²) >= 11 is 0. The monoisotopic (exact) mass is 339 g/mol. The van der Waals surface area contributed by atoms with E-state index >= 15 is 0 Å². The van der Waals surface area contributed by atoms with Crippen molar-refractivity contribution in [2.75, 3.05) is 11.5 Å². The summed E-state index contributed by atoms with van der Waals surface area (Å²) in [4.78, 5) is 12.2. The van der Waals surface area contributed by atoms with Crippen LogP contribution in [0, 0.1) is 5.92 Å². The van der Waals surface area contributed by atoms with Crippen molar-refractivity contribution in [3.05, 3.63) is 23.3 Å². The van der Waals surface area contributed by atoms with E-state index in [0.29, 0.717) is 12.0 Å². The largest absolute Gasteiger partial charge is 0.349 e. The van der Waals surface area contributed by atoms with Crippen LogP contribution in [0.1, 0.15) is 58.8 Å². The Balaban J connectivity index is 1.84. The molecular formula is C18H29NO3S. The summed E-state index contributed by atoms with van der Waals surface area (Å²) < 4.78 is 22.9. The van der Waals surface area contributed by atoms with E-state index < -0.39 is 9.84 Å². The number of nitrogens with one attached hydrogen (secondary N) is 1. The molecule has 130 valence electrons. The Kier molecular flexibility index (Phi) is 6.45. The van der Waals surface area contributed by atoms with Crippen LogP contribution in [-0.2, 0) is 14.6 Å². The van der Waals surface area contributed by atoms with Gasteiger partial charge in [-0.25, -0.2) is 8.42 Å². The zero-order valence-electron chi connectivity index (χ0n) is 14.3. The summed E-state index contributed by atoms with van der Waals surface area (Å²) in [6.07, 6.45) is 12.5. The van der Waals surface area contributed by atoms with Gasteiger partial charge < -0.3 is 5.32 Å². The molecule has 0 aromatic heterocycles. The summed E-state index contributed by atoms with van der Waals surface area (Å²) in [5.74, 6) is 0.904. The molecule has 1 N–H and O–H groups in total. The van der Waals surface area contributed by atoms with Gasteiger partial charge in [0.05, 0.1) is 11.5 Å². The van der Waals surface area contributed by atoms with Crippen LogP contribution in [0.25, 0.3) is 0 Å². The highest BCUT2D eigenvalue weighted by atomic mass is 32.2. The van der Waals surface area contributed by atoms with Crippen molar-refractivity contribution >= 4 is 15.7 Å². The minimum absolute atomic E-state index is 0.0720. The molecule has 1 heterocycles. The Bertz CT molecular complexity index is 583. The smallest absolute Gasteiger partial charge is 0.247 e. The van der Waals surface area contributed by atoms with Gasteiger partial charge in [0, 0.05) is 11.6 Å². The SMILES string of the molecule is CC(C=CCC1CCCCC1)=C(C)C(=O)NC1CCS(=O)(=O)C1. The van der Waals surface area contributed by atoms with Crippen molar-refractivity contribution in [2.45, 2.75) is 64.8 Å². The highest BCUT2D eigenvalue weighted by molar-refractivity contribution is 7.91. The summed E-state index contributed by atoms with van der Waals surface area (Å²) in [5.41, 5.74) is 1.63. The number of rotatable bonds is 5. The fourth-order valence-corrected chi connectivity index (χ4v) is 5.04. The van der Waals surface area contributed by atoms with Gasteiger partial charge in [-0.1, -0.05) is 44.3 Å². The third kappa shape index (κ3) is 5.79. The van der Waals surface area contributed by atoms with E-state index in [4.69, 9.17) is 0 Å². The number of hydrogen-bond donors (Lipinski definition) is 1. The average Bonchev–Trinajstić information content (AvgIpc) is 2.86. The number of carbonyl (C=O) groups is 1. The number of amides is 1. The van der Waals surface area contributed by atoms with Crippen LogP contribution in [0.4, 0.5) is 0 Å². The maximum atomic E-state index is 12.2. The predicted octanol–water partition coefficient (Wildman–Crippen LogP) is 3.15. The molecule has 5 heteroatoms. The van der Waals surface area contributed by atoms with E-state index in [2.05, 4.69) is 11.4 Å². The lowest BCUT2D eigenvalue weighted by Crippen LogP contribution is -2.36. The molecule has 1 saturated heterocycles. The normalized spacial score (nSPS) is 26.3. The number of sulfone groups is 1. The molecule has 0 aromatic rings. The van der Waals surface area contributed by atoms with Crippen LogP contribution < -0.4 is 5.32 Å². The number of hydrogen-bond acceptors (Lipinski definition) is 3. The lowest BCUT2D eigenvalue weighted by atomic mass is 9.87. The number of allylic oxidation sites excluding steroid dienone is 3. The maximum Gasteiger partial charge on any atom is 0.247 e. The second kappa shape index (κ2) is 8.13. The van der Waals surface area contributed by atoms with Gasteiger partial charge in [-0.05, 0) is 38.2 Å². The van der Waals surface area contributed by atoms with Gasteiger partial charge in [-0.15, -0.1) is 0 Å². The van der Waals surface area contributed by atoms with Crippen LogP contribution in [0.2, 0.25) is 0 Å². The lowest BCUT2D eigenvalue weighted by Gasteiger charge is -2.19. The van der Waals surface area contributed by atoms with E-state index in [1.807, 2.05) is 13.0 Å². The molecule has 0 aromatic carbocycles. The average molecular weight is 340 g/mol. The maximum absolute atomic E-state index is 12.2. The van der Waals surface area contributed by atoms with Crippen molar-refractivity contribution in [2.24, 2.45) is 5.92 Å². The third-order valence-corrected chi connectivity index (χ3v) is 6.83. The Labute approximate surface area is 140 Å². The van der Waals surface area contributed by atoms with Crippen LogP contribution in [0.15, 0.2) is 23.3 Å². The summed E-state index contributed by atoms with van der Waals surface area (Å²) in [6.45, 7) is 3.75. The Morgan fingerprint density at radius 3 is 2.43 bits per heavy atom. The topological polar surface area (TPSA) is 63.2 Å². The van der Waals surface area contributed by atoms with Crippen LogP contribution >= 0.6 is 0 Å². The van der Waals surface area contributed by atoms with Crippen molar-refractivity contribution in [3.8, 4) is 0 Å². The van der Waals surface area contributed by atoms with E-state index in [1.54, 1.807) is 6.92 Å². The fourth-order valence-electron chi connectivity index (χ4n) is 3.37. The second-order valence-electron chi connectivity index (χ2n) is 7.02. The van der Waals surface area contributed by atoms with Gasteiger partial charge >= 0.3 is 0 Å². The molecule has 0 bridgehead atoms. The van der Waals surface area contributed by atoms with Gasteiger partial charge in [-0.2, -0.15) is 0 Å². The molecule has 4 nitrogen and oxygen atoms in total. The minimum Gasteiger partial charge on any atom is -0.349 e. The molecule has 1 saturated carbocycles. The van der Waals surface area contributed by atoms with E-state index in [-0.39, 0.29) is 23.5 Å². The molecule has 0 radical (unpaired) electrons. The molecule has 1 aliphatic heterocycles. The van der Waals surface area contributed by atoms with E-state index in [0.717, 1.165) is 17.9 Å². The molecule has 2 aliphatic rings. The standard InChI is InChI=1S/C18H29NO3S/c1-14(7-6-10-16-8-4-3-5-9-16)15(2)18(20)19-17-11-12-23(21,22)13-17/h6-7,16-17H,3-5,8-13H2,1-2H3,(H,19,20). The highest BCUT2D eigenvalue weighted by Gasteiger charge is 2.29. The zero-order chi connectivity index (χ0) is 16.9. The van der Waals surface area contributed by atoms with Gasteiger partial charge in [0.1, 0.15) is 0 Å². The first-order valence-electron chi connectivity index (χ1n) is 8.72. The molecular weight excluding hydrogens is 310 g/mol. The second-order valence-corrected chi connectivity index (χ2v) is 9.25. The van der Waals surface area contributed by atoms with Gasteiger partial charge in [-0.3, -0.25) is 4.79 Å². The minimum atomic E-state index is -2.96. The van der Waals surface area contributed by atoms with Gasteiger partial charge in [0.25, 0.3) is 0 Å². The molecule has 1 aliphatic carbocycles. The molecule has 0 spiro atoms. The van der Waals surface area contributed by atoms with Crippen LogP contribution in [0.3, 0.4) is 0 Å². The van der Waals surface area contributed by atoms with Gasteiger partial charge in [0.15, 0.2) is 9.84 Å². The Hall–Kier alpha value is -1.10. The fraction of sp³-hybridized carbons (Fsp3) is 0.722. The third-order valence-electron chi connectivity index (χ3n) is 5.06. The molecule has 2 rings (SSSR count). The van der Waals surface area contributed by atoms with Gasteiger partial charge in [0.2, 0.25) is 5.91 Å². The van der Waals surface area contributed by atoms with Crippen LogP contribution in [0.5, 0.6) is 0 Å². The van der Waals surface area contributed by atoms with E-state index in [1.165, 1.54) is 32.1 Å². The van der Waals surface area contributed by atoms with E-state index in [9.17, 15) is 13.2 Å². The highest BCUT2D eigenvalue weighted by Crippen LogP contribution is 2.26. The Morgan fingerprint density at radius 2 is 1.83 bits per heavy atom. The first-order chi connectivity index (χ1) is 10.9. The zero-order valence-corrected chi connectivity index (χ0v) is 15.1. The molecule has 1 unspecified atom stereocenters. The predicted molar refractivity (Wildman–Crippen MR) is 93.9 cm³/mol. The van der Waals surface area contributed by atoms with Crippen molar-refractivity contribution in [1.29, 1.82) is 0 Å². The summed E-state index contributed by atoms with van der Waals surface area (Å²) in [7, 11) is -2.96. The summed E-state index contributed by atoms with van der Waals surface area (Å²) in [5, 5.41) is 2.85. The molecule has 2 fully saturated rings. The molecule has 23 heavy (non-hydrogen) atoms. The Morgan fingerprint density at radius 1 is 1.13 bits per heavy atom. The van der Waals surface area contributed by atoms with Crippen LogP contribution in [-0.4, -0.2) is 31.9 Å². The first-order valence-corrected chi connectivity index (χ1v) is 10.5. The van der Waals surface area contributed by atoms with Crippen molar-refractivity contribution in [1.82, 2.24) is 5.32 Å². The lowest BCUT2D eigenvalue weighted by molar-refractivity contribution is -0.118. The van der Waals surface area contributed by atoms with Crippen molar-refractivity contribution in [3.63, 3.8) is 0 Å². The number of carbonyl (C=O) groups excluding carboxylic acids is 1.